The van der Waals surface area contributed by atoms with Crippen molar-refractivity contribution < 1.29 is 9.59 Å². The smallest absolute Gasteiger partial charge is 0.256 e. The van der Waals surface area contributed by atoms with Crippen LogP contribution in [0.5, 0.6) is 0 Å². The first-order valence-corrected chi connectivity index (χ1v) is 12.5. The van der Waals surface area contributed by atoms with Crippen molar-refractivity contribution in [2.75, 3.05) is 38.2 Å². The number of fused-ring (bicyclic) bond motifs is 1. The average molecular weight is 511 g/mol. The van der Waals surface area contributed by atoms with Gasteiger partial charge in [0.05, 0.1) is 6.04 Å². The van der Waals surface area contributed by atoms with Crippen molar-refractivity contribution in [3.8, 4) is 11.3 Å². The highest BCUT2D eigenvalue weighted by Gasteiger charge is 2.33. The molecule has 4 aromatic rings. The highest BCUT2D eigenvalue weighted by molar-refractivity contribution is 6.04. The highest BCUT2D eigenvalue weighted by Crippen LogP contribution is 2.36. The zero-order chi connectivity index (χ0) is 26.6. The van der Waals surface area contributed by atoms with Gasteiger partial charge >= 0.3 is 0 Å². The van der Waals surface area contributed by atoms with Crippen LogP contribution in [0.2, 0.25) is 0 Å². The molecule has 38 heavy (non-hydrogen) atoms. The number of nitrogens with zero attached hydrogens (tertiary/aromatic N) is 6. The van der Waals surface area contributed by atoms with Gasteiger partial charge in [-0.2, -0.15) is 0 Å². The summed E-state index contributed by atoms with van der Waals surface area (Å²) in [4.78, 5) is 43.0. The first-order chi connectivity index (χ1) is 18.4. The number of benzene rings is 1. The number of nitrogen functional groups attached to an aromatic ring is 1. The van der Waals surface area contributed by atoms with E-state index in [1.165, 1.54) is 0 Å². The number of carbonyl (C=O) groups is 2. The fraction of sp³-hybridized carbons (Fsp3) is 0.250. The van der Waals surface area contributed by atoms with E-state index in [0.717, 1.165) is 24.2 Å². The zero-order valence-corrected chi connectivity index (χ0v) is 21.4. The Morgan fingerprint density at radius 3 is 2.68 bits per heavy atom. The number of likely N-dealkylation sites (N-methyl/N-ethyl adjacent to an activating group) is 1. The maximum atomic E-state index is 13.0. The molecule has 4 heterocycles. The molecule has 1 aliphatic heterocycles. The normalized spacial score (nSPS) is 15.6. The molecule has 1 saturated heterocycles. The topological polar surface area (TPSA) is 122 Å². The number of pyridine rings is 1. The summed E-state index contributed by atoms with van der Waals surface area (Å²) >= 11 is 0. The standard InChI is InChI=1S/C28H30N8O2/c1-34(2)16-6-9-23(37)35-17-5-7-21(35)27-33-24(25-26(29)31-15-18-36(25)27)19-10-12-20(13-11-19)28(38)32-22-8-3-4-14-30-22/h3-4,6,8-15,18,21H,5,7,16-17H2,1-2H3,(H2,29,31)(H,30,32,38)/t21-/m0/s1. The monoisotopic (exact) mass is 510 g/mol. The van der Waals surface area contributed by atoms with Gasteiger partial charge in [-0.05, 0) is 51.2 Å². The van der Waals surface area contributed by atoms with E-state index in [4.69, 9.17) is 10.7 Å². The van der Waals surface area contributed by atoms with E-state index in [1.807, 2.05) is 58.8 Å². The number of hydrogen-bond acceptors (Lipinski definition) is 7. The maximum Gasteiger partial charge on any atom is 0.256 e. The number of carbonyl (C=O) groups excluding carboxylic acids is 2. The lowest BCUT2D eigenvalue weighted by Gasteiger charge is -2.22. The molecule has 0 saturated carbocycles. The molecule has 194 valence electrons. The predicted molar refractivity (Wildman–Crippen MR) is 146 cm³/mol. The van der Waals surface area contributed by atoms with Gasteiger partial charge in [0.2, 0.25) is 5.91 Å². The second-order valence-electron chi connectivity index (χ2n) is 9.45. The van der Waals surface area contributed by atoms with Crippen molar-refractivity contribution >= 4 is 29.0 Å². The SMILES string of the molecule is CN(C)CC=CC(=O)N1CCC[C@H]1c1nc(-c2ccc(C(=O)Nc3ccccn3)cc2)c2c(N)nccn12. The molecule has 5 rings (SSSR count). The number of amides is 2. The lowest BCUT2D eigenvalue weighted by molar-refractivity contribution is -0.127. The summed E-state index contributed by atoms with van der Waals surface area (Å²) < 4.78 is 1.93. The third kappa shape index (κ3) is 5.12. The zero-order valence-electron chi connectivity index (χ0n) is 21.4. The first-order valence-electron chi connectivity index (χ1n) is 12.5. The molecule has 2 amide bonds. The number of rotatable bonds is 7. The molecule has 0 bridgehead atoms. The number of hydrogen-bond donors (Lipinski definition) is 2. The van der Waals surface area contributed by atoms with Crippen LogP contribution in [0.1, 0.15) is 35.1 Å². The van der Waals surface area contributed by atoms with Crippen molar-refractivity contribution in [2.45, 2.75) is 18.9 Å². The largest absolute Gasteiger partial charge is 0.382 e. The molecule has 1 fully saturated rings. The summed E-state index contributed by atoms with van der Waals surface area (Å²) in [7, 11) is 3.92. The van der Waals surface area contributed by atoms with Gasteiger partial charge in [0, 0.05) is 48.9 Å². The quantitative estimate of drug-likeness (QED) is 0.366. The summed E-state index contributed by atoms with van der Waals surface area (Å²) in [5.41, 5.74) is 8.94. The Bertz CT molecular complexity index is 1480. The van der Waals surface area contributed by atoms with Crippen LogP contribution in [0.25, 0.3) is 16.8 Å². The predicted octanol–water partition coefficient (Wildman–Crippen LogP) is 3.41. The Kier molecular flexibility index (Phi) is 7.14. The lowest BCUT2D eigenvalue weighted by atomic mass is 10.1. The van der Waals surface area contributed by atoms with Gasteiger partial charge in [0.15, 0.2) is 0 Å². The molecule has 0 radical (unpaired) electrons. The minimum atomic E-state index is -0.255. The average Bonchev–Trinajstić information content (AvgIpc) is 3.55. The van der Waals surface area contributed by atoms with Crippen molar-refractivity contribution in [3.05, 3.63) is 84.6 Å². The Hall–Kier alpha value is -4.57. The Morgan fingerprint density at radius 1 is 1.13 bits per heavy atom. The van der Waals surface area contributed by atoms with Crippen LogP contribution >= 0.6 is 0 Å². The van der Waals surface area contributed by atoms with E-state index in [1.54, 1.807) is 42.7 Å². The molecule has 1 aliphatic rings. The van der Waals surface area contributed by atoms with Gasteiger partial charge in [0.1, 0.15) is 28.7 Å². The minimum Gasteiger partial charge on any atom is -0.382 e. The maximum absolute atomic E-state index is 13.0. The van der Waals surface area contributed by atoms with Gasteiger partial charge in [-0.15, -0.1) is 0 Å². The second-order valence-corrected chi connectivity index (χ2v) is 9.45. The fourth-order valence-electron chi connectivity index (χ4n) is 4.69. The number of imidazole rings is 1. The van der Waals surface area contributed by atoms with Gasteiger partial charge in [0.25, 0.3) is 5.91 Å². The van der Waals surface area contributed by atoms with Crippen LogP contribution < -0.4 is 11.1 Å². The van der Waals surface area contributed by atoms with Crippen LogP contribution in [0.3, 0.4) is 0 Å². The molecule has 10 heteroatoms. The molecule has 3 N–H and O–H groups in total. The molecule has 0 aliphatic carbocycles. The fourth-order valence-corrected chi connectivity index (χ4v) is 4.69. The van der Waals surface area contributed by atoms with E-state index in [9.17, 15) is 9.59 Å². The first kappa shape index (κ1) is 25.1. The molecule has 1 atom stereocenters. The van der Waals surface area contributed by atoms with Crippen LogP contribution in [-0.2, 0) is 4.79 Å². The summed E-state index contributed by atoms with van der Waals surface area (Å²) in [6.07, 6.45) is 10.3. The number of nitrogens with two attached hydrogens (primary N) is 1. The molecule has 3 aromatic heterocycles. The summed E-state index contributed by atoms with van der Waals surface area (Å²) in [5.74, 6) is 1.29. The molecular weight excluding hydrogens is 480 g/mol. The van der Waals surface area contributed by atoms with Gasteiger partial charge < -0.3 is 20.9 Å². The lowest BCUT2D eigenvalue weighted by Crippen LogP contribution is -2.30. The van der Waals surface area contributed by atoms with Gasteiger partial charge in [-0.25, -0.2) is 15.0 Å². The third-order valence-corrected chi connectivity index (χ3v) is 6.50. The number of likely N-dealkylation sites (tertiary alicyclic amines) is 1. The summed E-state index contributed by atoms with van der Waals surface area (Å²) in [6.45, 7) is 1.36. The van der Waals surface area contributed by atoms with Crippen molar-refractivity contribution in [3.63, 3.8) is 0 Å². The Balaban J connectivity index is 1.45. The van der Waals surface area contributed by atoms with E-state index >= 15 is 0 Å². The third-order valence-electron chi connectivity index (χ3n) is 6.50. The van der Waals surface area contributed by atoms with Crippen molar-refractivity contribution in [1.82, 2.24) is 29.2 Å². The van der Waals surface area contributed by atoms with E-state index < -0.39 is 0 Å². The molecule has 0 spiro atoms. The molecule has 10 nitrogen and oxygen atoms in total. The number of aromatic nitrogens is 4. The van der Waals surface area contributed by atoms with E-state index in [0.29, 0.717) is 41.5 Å². The van der Waals surface area contributed by atoms with Crippen LogP contribution in [-0.4, -0.2) is 68.2 Å². The number of anilines is 2. The van der Waals surface area contributed by atoms with E-state index in [-0.39, 0.29) is 17.9 Å². The highest BCUT2D eigenvalue weighted by atomic mass is 16.2. The van der Waals surface area contributed by atoms with Crippen molar-refractivity contribution in [1.29, 1.82) is 0 Å². The molecular formula is C28H30N8O2. The Morgan fingerprint density at radius 2 is 1.95 bits per heavy atom. The van der Waals surface area contributed by atoms with Crippen LogP contribution in [0, 0.1) is 0 Å². The molecule has 0 unspecified atom stereocenters. The summed E-state index contributed by atoms with van der Waals surface area (Å²) in [5, 5.41) is 2.79. The minimum absolute atomic E-state index is 0.0297. The van der Waals surface area contributed by atoms with Crippen LogP contribution in [0.15, 0.2) is 73.2 Å². The molecule has 1 aromatic carbocycles. The van der Waals surface area contributed by atoms with Crippen molar-refractivity contribution in [2.24, 2.45) is 0 Å². The summed E-state index contributed by atoms with van der Waals surface area (Å²) in [6, 6.07) is 12.3. The Labute approximate surface area is 220 Å². The van der Waals surface area contributed by atoms with E-state index in [2.05, 4.69) is 15.3 Å². The van der Waals surface area contributed by atoms with Gasteiger partial charge in [-0.3, -0.25) is 14.0 Å². The van der Waals surface area contributed by atoms with Gasteiger partial charge in [-0.1, -0.05) is 24.3 Å². The number of nitrogens with one attached hydrogen (secondary N) is 1. The van der Waals surface area contributed by atoms with Crippen LogP contribution in [0.4, 0.5) is 11.6 Å². The second kappa shape index (κ2) is 10.8.